The minimum absolute atomic E-state index is 0.0422. The molecule has 2 aromatic rings. The number of aromatic nitrogens is 1. The molecule has 1 amide bonds. The van der Waals surface area contributed by atoms with Crippen LogP contribution in [-0.2, 0) is 4.79 Å². The smallest absolute Gasteiger partial charge is 0.224 e. The van der Waals surface area contributed by atoms with Crippen LogP contribution in [0.1, 0.15) is 25.0 Å². The first kappa shape index (κ1) is 19.6. The van der Waals surface area contributed by atoms with Gasteiger partial charge in [-0.2, -0.15) is 0 Å². The summed E-state index contributed by atoms with van der Waals surface area (Å²) < 4.78 is 0. The van der Waals surface area contributed by atoms with Crippen molar-refractivity contribution in [3.63, 3.8) is 0 Å². The van der Waals surface area contributed by atoms with Gasteiger partial charge in [0.05, 0.1) is 22.1 Å². The molecule has 0 radical (unpaired) electrons. The SMILES string of the molecule is CNc1ccc2c(c1)NC(=O)CCC/C=C(/c1ccc(Cl)cn1)C(=CN)C=N2. The molecule has 1 aliphatic rings. The van der Waals surface area contributed by atoms with Crippen LogP contribution >= 0.6 is 11.6 Å². The second-order valence-electron chi connectivity index (χ2n) is 6.28. The topological polar surface area (TPSA) is 92.4 Å². The fraction of sp³-hybridized carbons (Fsp3) is 0.190. The molecule has 28 heavy (non-hydrogen) atoms. The van der Waals surface area contributed by atoms with E-state index in [4.69, 9.17) is 17.3 Å². The number of hydrogen-bond acceptors (Lipinski definition) is 5. The van der Waals surface area contributed by atoms with E-state index >= 15 is 0 Å². The third-order valence-electron chi connectivity index (χ3n) is 4.35. The molecule has 7 heteroatoms. The molecule has 6 nitrogen and oxygen atoms in total. The number of hydrogen-bond donors (Lipinski definition) is 3. The zero-order valence-electron chi connectivity index (χ0n) is 15.6. The Labute approximate surface area is 169 Å². The molecule has 1 aromatic carbocycles. The summed E-state index contributed by atoms with van der Waals surface area (Å²) in [7, 11) is 1.83. The predicted octanol–water partition coefficient (Wildman–Crippen LogP) is 4.53. The van der Waals surface area contributed by atoms with E-state index in [1.54, 1.807) is 18.5 Å². The number of aliphatic imine (C=N–C) groups is 1. The number of halogens is 1. The summed E-state index contributed by atoms with van der Waals surface area (Å²) in [4.78, 5) is 21.3. The average molecular weight is 396 g/mol. The molecule has 0 atom stereocenters. The predicted molar refractivity (Wildman–Crippen MR) is 116 cm³/mol. The van der Waals surface area contributed by atoms with Crippen LogP contribution in [0.25, 0.3) is 5.57 Å². The Morgan fingerprint density at radius 3 is 2.86 bits per heavy atom. The number of benzene rings is 1. The van der Waals surface area contributed by atoms with E-state index in [2.05, 4.69) is 20.6 Å². The fourth-order valence-corrected chi connectivity index (χ4v) is 2.98. The van der Waals surface area contributed by atoms with E-state index in [1.165, 1.54) is 6.20 Å². The largest absolute Gasteiger partial charge is 0.404 e. The number of fused-ring (bicyclic) bond motifs is 1. The Hall–Kier alpha value is -3.12. The van der Waals surface area contributed by atoms with Gasteiger partial charge in [0.2, 0.25) is 5.91 Å². The number of nitrogens with zero attached hydrogens (tertiary/aromatic N) is 2. The van der Waals surface area contributed by atoms with E-state index in [0.717, 1.165) is 22.5 Å². The van der Waals surface area contributed by atoms with Gasteiger partial charge in [-0.25, -0.2) is 0 Å². The molecule has 1 aromatic heterocycles. The Balaban J connectivity index is 2.04. The number of amides is 1. The molecule has 0 saturated heterocycles. The van der Waals surface area contributed by atoms with Crippen molar-refractivity contribution in [1.29, 1.82) is 0 Å². The third kappa shape index (κ3) is 4.78. The van der Waals surface area contributed by atoms with Gasteiger partial charge >= 0.3 is 0 Å². The lowest BCUT2D eigenvalue weighted by Gasteiger charge is -2.13. The highest BCUT2D eigenvalue weighted by Gasteiger charge is 2.12. The highest BCUT2D eigenvalue weighted by atomic mass is 35.5. The monoisotopic (exact) mass is 395 g/mol. The zero-order valence-corrected chi connectivity index (χ0v) is 16.3. The Morgan fingerprint density at radius 1 is 1.29 bits per heavy atom. The summed E-state index contributed by atoms with van der Waals surface area (Å²) in [6.45, 7) is 0. The van der Waals surface area contributed by atoms with E-state index < -0.39 is 0 Å². The number of rotatable bonds is 2. The number of anilines is 2. The van der Waals surface area contributed by atoms with Crippen LogP contribution < -0.4 is 16.4 Å². The van der Waals surface area contributed by atoms with E-state index in [-0.39, 0.29) is 5.91 Å². The number of carbonyl (C=O) groups is 1. The maximum Gasteiger partial charge on any atom is 0.224 e. The normalized spacial score (nSPS) is 18.3. The summed E-state index contributed by atoms with van der Waals surface area (Å²) in [5.41, 5.74) is 10.4. The van der Waals surface area contributed by atoms with Crippen molar-refractivity contribution in [2.45, 2.75) is 19.3 Å². The average Bonchev–Trinajstić information content (AvgIpc) is 2.70. The Morgan fingerprint density at radius 2 is 2.14 bits per heavy atom. The van der Waals surface area contributed by atoms with Crippen LogP contribution in [0, 0.1) is 0 Å². The van der Waals surface area contributed by atoms with Crippen LogP contribution in [0.3, 0.4) is 0 Å². The van der Waals surface area contributed by atoms with Crippen molar-refractivity contribution in [2.24, 2.45) is 10.7 Å². The summed E-state index contributed by atoms with van der Waals surface area (Å²) >= 11 is 5.97. The lowest BCUT2D eigenvalue weighted by atomic mass is 10.0. The van der Waals surface area contributed by atoms with Crippen LogP contribution in [-0.4, -0.2) is 24.2 Å². The highest BCUT2D eigenvalue weighted by molar-refractivity contribution is 6.30. The molecule has 0 spiro atoms. The van der Waals surface area contributed by atoms with Crippen LogP contribution in [0.15, 0.2) is 59.4 Å². The van der Waals surface area contributed by atoms with Crippen molar-refractivity contribution >= 4 is 46.4 Å². The lowest BCUT2D eigenvalue weighted by molar-refractivity contribution is -0.116. The molecular formula is C21H22ClN5O. The number of nitrogens with one attached hydrogen (secondary N) is 2. The van der Waals surface area contributed by atoms with Crippen LogP contribution in [0.2, 0.25) is 5.02 Å². The first-order valence-corrected chi connectivity index (χ1v) is 9.38. The second-order valence-corrected chi connectivity index (χ2v) is 6.72. The molecule has 0 saturated carbocycles. The van der Waals surface area contributed by atoms with Gasteiger partial charge in [-0.15, -0.1) is 0 Å². The van der Waals surface area contributed by atoms with Crippen molar-refractivity contribution < 1.29 is 4.79 Å². The maximum atomic E-state index is 12.3. The number of pyridine rings is 1. The summed E-state index contributed by atoms with van der Waals surface area (Å²) in [6.07, 6.45) is 8.65. The van der Waals surface area contributed by atoms with Gasteiger partial charge in [-0.1, -0.05) is 17.7 Å². The van der Waals surface area contributed by atoms with Crippen molar-refractivity contribution in [2.75, 3.05) is 17.7 Å². The number of nitrogens with two attached hydrogens (primary N) is 1. The molecule has 4 N–H and O–H groups in total. The first-order chi connectivity index (χ1) is 13.6. The first-order valence-electron chi connectivity index (χ1n) is 9.01. The van der Waals surface area contributed by atoms with Gasteiger partial charge in [0, 0.05) is 48.9 Å². The summed E-state index contributed by atoms with van der Waals surface area (Å²) in [5, 5.41) is 6.58. The number of allylic oxidation sites excluding steroid dienone is 3. The Kier molecular flexibility index (Phi) is 6.45. The van der Waals surface area contributed by atoms with Gasteiger partial charge in [0.1, 0.15) is 0 Å². The zero-order chi connectivity index (χ0) is 19.9. The fourth-order valence-electron chi connectivity index (χ4n) is 2.87. The summed E-state index contributed by atoms with van der Waals surface area (Å²) in [5.74, 6) is -0.0422. The highest BCUT2D eigenvalue weighted by Crippen LogP contribution is 2.30. The van der Waals surface area contributed by atoms with Gasteiger partial charge in [0.15, 0.2) is 0 Å². The van der Waals surface area contributed by atoms with Gasteiger partial charge in [0.25, 0.3) is 0 Å². The molecule has 2 heterocycles. The quantitative estimate of drug-likeness (QED) is 0.696. The van der Waals surface area contributed by atoms with Gasteiger partial charge in [-0.3, -0.25) is 14.8 Å². The van der Waals surface area contributed by atoms with Crippen LogP contribution in [0.4, 0.5) is 17.1 Å². The molecule has 0 bridgehead atoms. The third-order valence-corrected chi connectivity index (χ3v) is 4.58. The molecule has 1 aliphatic heterocycles. The van der Waals surface area contributed by atoms with E-state index in [0.29, 0.717) is 35.7 Å². The standard InChI is InChI=1S/C21H22ClN5O/c1-24-16-7-9-19-20(10-16)27-21(28)5-3-2-4-17(14(11-23)12-25-19)18-8-6-15(22)13-26-18/h4,6-13,24H,2-3,5,23H2,1H3,(H,27,28)/b14-11?,17-4+,25-12?. The second kappa shape index (κ2) is 9.19. The maximum absolute atomic E-state index is 12.3. The lowest BCUT2D eigenvalue weighted by Crippen LogP contribution is -2.11. The van der Waals surface area contributed by atoms with Gasteiger partial charge in [-0.05, 0) is 43.2 Å². The molecular weight excluding hydrogens is 374 g/mol. The minimum atomic E-state index is -0.0422. The van der Waals surface area contributed by atoms with E-state index in [9.17, 15) is 4.79 Å². The molecule has 0 fully saturated rings. The molecule has 0 aliphatic carbocycles. The van der Waals surface area contributed by atoms with Crippen molar-refractivity contribution in [1.82, 2.24) is 4.98 Å². The van der Waals surface area contributed by atoms with E-state index in [1.807, 2.05) is 37.4 Å². The summed E-state index contributed by atoms with van der Waals surface area (Å²) in [6, 6.07) is 9.24. The molecule has 3 rings (SSSR count). The number of carbonyl (C=O) groups excluding carboxylic acids is 1. The van der Waals surface area contributed by atoms with Gasteiger partial charge < -0.3 is 16.4 Å². The van der Waals surface area contributed by atoms with Crippen molar-refractivity contribution in [3.8, 4) is 0 Å². The minimum Gasteiger partial charge on any atom is -0.404 e. The molecule has 144 valence electrons. The Bertz CT molecular complexity index is 948. The molecule has 0 unspecified atom stereocenters. The van der Waals surface area contributed by atoms with Crippen molar-refractivity contribution in [3.05, 3.63) is 65.1 Å². The van der Waals surface area contributed by atoms with Crippen LogP contribution in [0.5, 0.6) is 0 Å².